The number of halogens is 1. The van der Waals surface area contributed by atoms with E-state index in [4.69, 9.17) is 16.3 Å². The summed E-state index contributed by atoms with van der Waals surface area (Å²) in [6.07, 6.45) is 0.0822. The van der Waals surface area contributed by atoms with Crippen LogP contribution >= 0.6 is 11.6 Å². The first-order valence-electron chi connectivity index (χ1n) is 10.7. The number of aromatic nitrogens is 1. The minimum absolute atomic E-state index is 0.0822. The molecule has 1 heterocycles. The third-order valence-corrected chi connectivity index (χ3v) is 5.94. The Morgan fingerprint density at radius 3 is 2.47 bits per heavy atom. The lowest BCUT2D eigenvalue weighted by atomic mass is 9.96. The molecule has 0 aliphatic heterocycles. The number of nitrogens with one attached hydrogen (secondary N) is 1. The van der Waals surface area contributed by atoms with E-state index in [2.05, 4.69) is 5.32 Å². The van der Waals surface area contributed by atoms with Gasteiger partial charge in [-0.3, -0.25) is 9.59 Å². The number of rotatable bonds is 6. The van der Waals surface area contributed by atoms with Gasteiger partial charge in [0.2, 0.25) is 5.91 Å². The second-order valence-corrected chi connectivity index (χ2v) is 8.32. The van der Waals surface area contributed by atoms with E-state index in [1.54, 1.807) is 54.1 Å². The highest BCUT2D eigenvalue weighted by atomic mass is 35.5. The van der Waals surface area contributed by atoms with Crippen LogP contribution in [0.2, 0.25) is 5.02 Å². The average Bonchev–Trinajstić information content (AvgIpc) is 2.85. The molecule has 1 N–H and O–H groups in total. The molecule has 0 saturated heterocycles. The number of carbonyl (C=O) groups excluding carboxylic acids is 2. The third kappa shape index (κ3) is 4.72. The number of hydrogen-bond acceptors (Lipinski definition) is 4. The predicted molar refractivity (Wildman–Crippen MR) is 133 cm³/mol. The van der Waals surface area contributed by atoms with Crippen molar-refractivity contribution in [2.24, 2.45) is 7.05 Å². The number of pyridine rings is 1. The lowest BCUT2D eigenvalue weighted by Gasteiger charge is -2.18. The molecule has 6 nitrogen and oxygen atoms in total. The molecule has 0 spiro atoms. The smallest absolute Gasteiger partial charge is 0.337 e. The second kappa shape index (κ2) is 9.93. The van der Waals surface area contributed by atoms with Crippen LogP contribution in [0.25, 0.3) is 21.9 Å². The lowest BCUT2D eigenvalue weighted by molar-refractivity contribution is -0.120. The van der Waals surface area contributed by atoms with Crippen molar-refractivity contribution < 1.29 is 14.3 Å². The number of benzene rings is 3. The van der Waals surface area contributed by atoms with Gasteiger partial charge in [0.25, 0.3) is 5.56 Å². The van der Waals surface area contributed by atoms with E-state index in [-0.39, 0.29) is 24.4 Å². The monoisotopic (exact) mass is 474 g/mol. The number of hydrogen-bond donors (Lipinski definition) is 1. The fraction of sp³-hybridized carbons (Fsp3) is 0.148. The lowest BCUT2D eigenvalue weighted by Crippen LogP contribution is -2.30. The average molecular weight is 475 g/mol. The number of methoxy groups -OCH3 is 1. The summed E-state index contributed by atoms with van der Waals surface area (Å²) >= 11 is 6.27. The molecule has 3 aromatic carbocycles. The van der Waals surface area contributed by atoms with Gasteiger partial charge in [0.05, 0.1) is 25.6 Å². The molecule has 34 heavy (non-hydrogen) atoms. The van der Waals surface area contributed by atoms with Gasteiger partial charge in [-0.1, -0.05) is 54.1 Å². The molecule has 7 heteroatoms. The van der Waals surface area contributed by atoms with Crippen molar-refractivity contribution >= 4 is 34.2 Å². The highest BCUT2D eigenvalue weighted by Crippen LogP contribution is 2.32. The van der Waals surface area contributed by atoms with Crippen molar-refractivity contribution in [3.63, 3.8) is 0 Å². The van der Waals surface area contributed by atoms with Crippen molar-refractivity contribution in [3.8, 4) is 11.1 Å². The third-order valence-electron chi connectivity index (χ3n) is 5.71. The van der Waals surface area contributed by atoms with Crippen LogP contribution in [0, 0.1) is 0 Å². The summed E-state index contributed by atoms with van der Waals surface area (Å²) in [5.41, 5.74) is 3.33. The van der Waals surface area contributed by atoms with Crippen LogP contribution in [0.4, 0.5) is 0 Å². The van der Waals surface area contributed by atoms with E-state index in [1.165, 1.54) is 7.11 Å². The summed E-state index contributed by atoms with van der Waals surface area (Å²) in [6.45, 7) is 0.147. The Kier molecular flexibility index (Phi) is 6.80. The summed E-state index contributed by atoms with van der Waals surface area (Å²) < 4.78 is 6.31. The Balaban J connectivity index is 1.68. The van der Waals surface area contributed by atoms with Crippen LogP contribution in [0.15, 0.2) is 77.6 Å². The van der Waals surface area contributed by atoms with Crippen molar-refractivity contribution in [2.75, 3.05) is 7.11 Å². The largest absolute Gasteiger partial charge is 0.465 e. The van der Waals surface area contributed by atoms with Crippen molar-refractivity contribution in [2.45, 2.75) is 13.0 Å². The summed E-state index contributed by atoms with van der Waals surface area (Å²) in [7, 11) is 3.01. The molecular formula is C27H23ClN2O4. The molecule has 0 radical (unpaired) electrons. The number of esters is 1. The molecule has 0 atom stereocenters. The van der Waals surface area contributed by atoms with Crippen LogP contribution in [0.3, 0.4) is 0 Å². The molecule has 1 aromatic heterocycles. The molecular weight excluding hydrogens is 452 g/mol. The van der Waals surface area contributed by atoms with E-state index < -0.39 is 5.97 Å². The van der Waals surface area contributed by atoms with Crippen LogP contribution in [0.5, 0.6) is 0 Å². The number of nitrogens with zero attached hydrogens (tertiary/aromatic N) is 1. The molecule has 0 aliphatic rings. The normalized spacial score (nSPS) is 10.8. The van der Waals surface area contributed by atoms with Crippen LogP contribution in [-0.4, -0.2) is 23.6 Å². The minimum atomic E-state index is -0.459. The Bertz CT molecular complexity index is 1440. The summed E-state index contributed by atoms with van der Waals surface area (Å²) in [4.78, 5) is 37.6. The zero-order valence-electron chi connectivity index (χ0n) is 18.8. The zero-order chi connectivity index (χ0) is 24.2. The first-order valence-corrected chi connectivity index (χ1v) is 11.1. The van der Waals surface area contributed by atoms with Gasteiger partial charge in [0.15, 0.2) is 0 Å². The van der Waals surface area contributed by atoms with Crippen LogP contribution in [0.1, 0.15) is 21.6 Å². The molecule has 0 fully saturated rings. The van der Waals surface area contributed by atoms with E-state index in [1.807, 2.05) is 30.3 Å². The van der Waals surface area contributed by atoms with Gasteiger partial charge in [-0.15, -0.1) is 0 Å². The molecule has 0 bridgehead atoms. The summed E-state index contributed by atoms with van der Waals surface area (Å²) in [5.74, 6) is -0.695. The van der Waals surface area contributed by atoms with Crippen molar-refractivity contribution in [3.05, 3.63) is 105 Å². The van der Waals surface area contributed by atoms with E-state index in [0.717, 1.165) is 16.5 Å². The molecule has 4 aromatic rings. The van der Waals surface area contributed by atoms with Gasteiger partial charge in [-0.25, -0.2) is 4.79 Å². The minimum Gasteiger partial charge on any atom is -0.465 e. The quantitative estimate of drug-likeness (QED) is 0.417. The van der Waals surface area contributed by atoms with E-state index in [0.29, 0.717) is 27.2 Å². The highest BCUT2D eigenvalue weighted by Gasteiger charge is 2.18. The first-order chi connectivity index (χ1) is 16.4. The predicted octanol–water partition coefficient (Wildman–Crippen LogP) is 4.50. The first kappa shape index (κ1) is 23.3. The molecule has 0 saturated carbocycles. The maximum absolute atomic E-state index is 13.1. The SMILES string of the molecule is COC(=O)c1cccc(CC(=O)NCc2c(-c3ccccc3)c3cc(Cl)ccc3c(=O)n2C)c1. The Morgan fingerprint density at radius 1 is 0.971 bits per heavy atom. The molecule has 1 amide bonds. The molecule has 172 valence electrons. The van der Waals surface area contributed by atoms with Gasteiger partial charge in [-0.05, 0) is 46.8 Å². The highest BCUT2D eigenvalue weighted by molar-refractivity contribution is 6.31. The van der Waals surface area contributed by atoms with Gasteiger partial charge in [0, 0.05) is 28.7 Å². The van der Waals surface area contributed by atoms with Crippen molar-refractivity contribution in [1.29, 1.82) is 0 Å². The van der Waals surface area contributed by atoms with Gasteiger partial charge >= 0.3 is 5.97 Å². The van der Waals surface area contributed by atoms with Crippen LogP contribution in [-0.2, 0) is 29.5 Å². The number of fused-ring (bicyclic) bond motifs is 1. The number of carbonyl (C=O) groups is 2. The zero-order valence-corrected chi connectivity index (χ0v) is 19.6. The van der Waals surface area contributed by atoms with Crippen molar-refractivity contribution in [1.82, 2.24) is 9.88 Å². The standard InChI is InChI=1S/C27H23ClN2O4/c1-30-23(16-29-24(31)14-17-7-6-10-19(13-17)27(33)34-2)25(18-8-4-3-5-9-18)22-15-20(28)11-12-21(22)26(30)32/h3-13,15H,14,16H2,1-2H3,(H,29,31). The van der Waals surface area contributed by atoms with E-state index in [9.17, 15) is 14.4 Å². The second-order valence-electron chi connectivity index (χ2n) is 7.89. The topological polar surface area (TPSA) is 77.4 Å². The van der Waals surface area contributed by atoms with E-state index >= 15 is 0 Å². The molecule has 0 aliphatic carbocycles. The molecule has 0 unspecified atom stereocenters. The Morgan fingerprint density at radius 2 is 1.74 bits per heavy atom. The summed E-state index contributed by atoms with van der Waals surface area (Å²) in [6, 6.07) is 21.6. The Labute approximate surface area is 201 Å². The van der Waals surface area contributed by atoms with Gasteiger partial charge < -0.3 is 14.6 Å². The maximum Gasteiger partial charge on any atom is 0.337 e. The Hall–Kier alpha value is -3.90. The fourth-order valence-corrected chi connectivity index (χ4v) is 4.20. The maximum atomic E-state index is 13.1. The fourth-order valence-electron chi connectivity index (χ4n) is 4.03. The van der Waals surface area contributed by atoms with Gasteiger partial charge in [-0.2, -0.15) is 0 Å². The number of ether oxygens (including phenoxy) is 1. The van der Waals surface area contributed by atoms with Gasteiger partial charge in [0.1, 0.15) is 0 Å². The van der Waals surface area contributed by atoms with Crippen LogP contribution < -0.4 is 10.9 Å². The summed E-state index contributed by atoms with van der Waals surface area (Å²) in [5, 5.41) is 4.74. The number of amides is 1. The molecule has 4 rings (SSSR count).